The number of hydrogen-bond donors (Lipinski definition) is 2. The third kappa shape index (κ3) is 6.38. The summed E-state index contributed by atoms with van der Waals surface area (Å²) in [5.74, 6) is 8.70. The standard InChI is InChI=1S/C44H53N5O2Si2/c1-26(2)52(27(3)4,28(5)6)21-19-35-37-23-32-15-13-14-16-33(32)24-38(37)36(20-22-53(29(7)8,30(9)10)31(11)12)42-41(35)47-43-44(48-42)46-40-25-34(49(50)51)17-18-39(40)45-43/h13-18,23-31H,1-12H3,(H,45,47)(H,46,48). The van der Waals surface area contributed by atoms with Gasteiger partial charge in [-0.1, -0.05) is 119 Å². The van der Waals surface area contributed by atoms with Crippen LogP contribution < -0.4 is 10.6 Å². The lowest BCUT2D eigenvalue weighted by Crippen LogP contribution is -2.43. The minimum Gasteiger partial charge on any atom is -0.335 e. The normalized spacial score (nSPS) is 12.9. The zero-order chi connectivity index (χ0) is 38.6. The zero-order valence-corrected chi connectivity index (χ0v) is 35.3. The summed E-state index contributed by atoms with van der Waals surface area (Å²) in [6.07, 6.45) is 0. The molecule has 5 aromatic rings. The highest BCUT2D eigenvalue weighted by Gasteiger charge is 2.43. The van der Waals surface area contributed by atoms with E-state index in [1.165, 1.54) is 12.1 Å². The van der Waals surface area contributed by atoms with Crippen molar-refractivity contribution in [3.8, 4) is 22.9 Å². The predicted molar refractivity (Wildman–Crippen MR) is 230 cm³/mol. The molecule has 0 unspecified atom stereocenters. The maximum atomic E-state index is 11.7. The number of anilines is 4. The maximum absolute atomic E-state index is 11.7. The van der Waals surface area contributed by atoms with Gasteiger partial charge in [0, 0.05) is 22.9 Å². The Morgan fingerprint density at radius 2 is 0.981 bits per heavy atom. The van der Waals surface area contributed by atoms with Crippen LogP contribution in [0.2, 0.25) is 33.2 Å². The molecule has 274 valence electrons. The van der Waals surface area contributed by atoms with Crippen LogP contribution in [0.4, 0.5) is 28.7 Å². The van der Waals surface area contributed by atoms with Gasteiger partial charge in [-0.05, 0) is 62.2 Å². The molecule has 2 N–H and O–H groups in total. The van der Waals surface area contributed by atoms with E-state index in [-0.39, 0.29) is 10.6 Å². The molecule has 2 heterocycles. The van der Waals surface area contributed by atoms with Gasteiger partial charge in [0.15, 0.2) is 11.6 Å². The van der Waals surface area contributed by atoms with E-state index in [4.69, 9.17) is 9.97 Å². The molecule has 4 aromatic carbocycles. The van der Waals surface area contributed by atoms with Gasteiger partial charge in [-0.25, -0.2) is 9.97 Å². The number of aromatic nitrogens is 2. The first kappa shape index (κ1) is 38.0. The van der Waals surface area contributed by atoms with Crippen LogP contribution in [0, 0.1) is 33.0 Å². The fraction of sp³-hybridized carbons (Fsp3) is 0.409. The van der Waals surface area contributed by atoms with Gasteiger partial charge in [0.25, 0.3) is 5.69 Å². The van der Waals surface area contributed by atoms with E-state index < -0.39 is 16.1 Å². The molecule has 6 rings (SSSR count). The molecule has 0 spiro atoms. The molecule has 1 aromatic heterocycles. The summed E-state index contributed by atoms with van der Waals surface area (Å²) in [6, 6.07) is 17.7. The van der Waals surface area contributed by atoms with E-state index in [1.807, 2.05) is 0 Å². The number of nitro groups is 1. The number of nitrogens with zero attached hydrogens (tertiary/aromatic N) is 3. The van der Waals surface area contributed by atoms with Gasteiger partial charge in [-0.15, -0.1) is 11.1 Å². The fourth-order valence-electron chi connectivity index (χ4n) is 9.44. The van der Waals surface area contributed by atoms with Crippen LogP contribution in [-0.2, 0) is 0 Å². The fourth-order valence-corrected chi connectivity index (χ4v) is 19.9. The number of rotatable bonds is 7. The van der Waals surface area contributed by atoms with Crippen molar-refractivity contribution in [2.45, 2.75) is 116 Å². The topological polar surface area (TPSA) is 93.0 Å². The van der Waals surface area contributed by atoms with Gasteiger partial charge in [0.2, 0.25) is 0 Å². The highest BCUT2D eigenvalue weighted by atomic mass is 28.3. The number of nitro benzene ring substituents is 1. The van der Waals surface area contributed by atoms with Crippen molar-refractivity contribution in [3.05, 3.63) is 75.8 Å². The summed E-state index contributed by atoms with van der Waals surface area (Å²) in [7, 11) is -4.28. The van der Waals surface area contributed by atoms with Crippen LogP contribution >= 0.6 is 0 Å². The van der Waals surface area contributed by atoms with E-state index >= 15 is 0 Å². The monoisotopic (exact) mass is 739 g/mol. The van der Waals surface area contributed by atoms with Gasteiger partial charge in [0.05, 0.1) is 27.4 Å². The zero-order valence-electron chi connectivity index (χ0n) is 33.3. The summed E-state index contributed by atoms with van der Waals surface area (Å²) in [5, 5.41) is 22.8. The molecule has 0 atom stereocenters. The Labute approximate surface area is 317 Å². The number of benzene rings is 4. The van der Waals surface area contributed by atoms with Gasteiger partial charge >= 0.3 is 0 Å². The first-order valence-corrected chi connectivity index (χ1v) is 23.6. The second kappa shape index (κ2) is 14.3. The van der Waals surface area contributed by atoms with Crippen LogP contribution in [0.15, 0.2) is 54.6 Å². The summed E-state index contributed by atoms with van der Waals surface area (Å²) < 4.78 is 0. The number of nitrogens with one attached hydrogen (secondary N) is 2. The molecule has 0 amide bonds. The van der Waals surface area contributed by atoms with Crippen molar-refractivity contribution >= 4 is 77.4 Å². The average molecular weight is 740 g/mol. The Balaban J connectivity index is 1.78. The van der Waals surface area contributed by atoms with Crippen LogP contribution in [-0.4, -0.2) is 31.0 Å². The Morgan fingerprint density at radius 3 is 1.36 bits per heavy atom. The summed E-state index contributed by atoms with van der Waals surface area (Å²) in [4.78, 5) is 21.9. The van der Waals surface area contributed by atoms with Crippen LogP contribution in [0.25, 0.3) is 32.6 Å². The Bertz CT molecular complexity index is 2350. The van der Waals surface area contributed by atoms with Gasteiger partial charge in [-0.2, -0.15) is 0 Å². The number of hydrogen-bond acceptors (Lipinski definition) is 6. The Hall–Kier alpha value is -4.71. The first-order chi connectivity index (χ1) is 25.0. The van der Waals surface area contributed by atoms with Gasteiger partial charge < -0.3 is 10.6 Å². The highest BCUT2D eigenvalue weighted by molar-refractivity contribution is 6.91. The largest absolute Gasteiger partial charge is 0.335 e. The maximum Gasteiger partial charge on any atom is 0.271 e. The highest BCUT2D eigenvalue weighted by Crippen LogP contribution is 2.45. The molecule has 0 radical (unpaired) electrons. The SMILES string of the molecule is CC(C)[Si](C#Cc1c2cc3ccccc3cc2c(C#C[Si](C(C)C)(C(C)C)C(C)C)c2nc3c(nc12)Nc1ccc([N+](=O)[O-])cc1N3)(C(C)C)C(C)C. The minimum absolute atomic E-state index is 0.00250. The van der Waals surface area contributed by atoms with Gasteiger partial charge in [-0.3, -0.25) is 10.1 Å². The van der Waals surface area contributed by atoms with E-state index in [1.54, 1.807) is 6.07 Å². The molecular formula is C44H53N5O2Si2. The third-order valence-electron chi connectivity index (χ3n) is 12.1. The van der Waals surface area contributed by atoms with Crippen molar-refractivity contribution in [3.63, 3.8) is 0 Å². The molecule has 9 heteroatoms. The van der Waals surface area contributed by atoms with Crippen LogP contribution in [0.1, 0.15) is 94.2 Å². The molecule has 7 nitrogen and oxygen atoms in total. The smallest absolute Gasteiger partial charge is 0.271 e. The summed E-state index contributed by atoms with van der Waals surface area (Å²) >= 11 is 0. The lowest BCUT2D eigenvalue weighted by atomic mass is 9.94. The molecule has 1 aliphatic heterocycles. The van der Waals surface area contributed by atoms with Crippen LogP contribution in [0.3, 0.4) is 0 Å². The minimum atomic E-state index is -2.15. The predicted octanol–water partition coefficient (Wildman–Crippen LogP) is 12.8. The molecule has 0 fully saturated rings. The number of non-ortho nitro benzene ring substituents is 1. The van der Waals surface area contributed by atoms with E-state index in [0.717, 1.165) is 32.7 Å². The quantitative estimate of drug-likeness (QED) is 0.0557. The van der Waals surface area contributed by atoms with Gasteiger partial charge in [0.1, 0.15) is 27.2 Å². The van der Waals surface area contributed by atoms with Crippen molar-refractivity contribution in [2.75, 3.05) is 10.6 Å². The van der Waals surface area contributed by atoms with Crippen molar-refractivity contribution in [1.82, 2.24) is 9.97 Å². The molecule has 53 heavy (non-hydrogen) atoms. The lowest BCUT2D eigenvalue weighted by Gasteiger charge is -2.38. The van der Waals surface area contributed by atoms with E-state index in [9.17, 15) is 10.1 Å². The van der Waals surface area contributed by atoms with E-state index in [0.29, 0.717) is 67.3 Å². The summed E-state index contributed by atoms with van der Waals surface area (Å²) in [6.45, 7) is 28.0. The average Bonchev–Trinajstić information content (AvgIpc) is 3.09. The molecule has 1 aliphatic rings. The lowest BCUT2D eigenvalue weighted by molar-refractivity contribution is -0.384. The molecule has 0 saturated carbocycles. The van der Waals surface area contributed by atoms with Crippen molar-refractivity contribution in [1.29, 1.82) is 0 Å². The molecule has 0 bridgehead atoms. The molecular weight excluding hydrogens is 687 g/mol. The van der Waals surface area contributed by atoms with Crippen molar-refractivity contribution in [2.24, 2.45) is 0 Å². The molecule has 0 aliphatic carbocycles. The summed E-state index contributed by atoms with van der Waals surface area (Å²) in [5.41, 5.74) is 15.2. The Kier molecular flexibility index (Phi) is 10.2. The van der Waals surface area contributed by atoms with Crippen LogP contribution in [0.5, 0.6) is 0 Å². The van der Waals surface area contributed by atoms with Crippen molar-refractivity contribution < 1.29 is 4.92 Å². The second-order valence-corrected chi connectivity index (χ2v) is 27.8. The first-order valence-electron chi connectivity index (χ1n) is 19.1. The molecule has 0 saturated heterocycles. The third-order valence-corrected chi connectivity index (χ3v) is 24.6. The number of fused-ring (bicyclic) bond motifs is 5. The second-order valence-electron chi connectivity index (χ2n) is 16.6. The Morgan fingerprint density at radius 1 is 0.585 bits per heavy atom. The van der Waals surface area contributed by atoms with E-state index in [2.05, 4.69) is 153 Å².